The average molecular weight is 529 g/mol. The average Bonchev–Trinajstić information content (AvgIpc) is 3.52. The summed E-state index contributed by atoms with van der Waals surface area (Å²) in [6, 6.07) is 12.3. The molecule has 1 aromatic heterocycles. The summed E-state index contributed by atoms with van der Waals surface area (Å²) < 4.78 is 27.7. The fourth-order valence-electron chi connectivity index (χ4n) is 4.73. The van der Waals surface area contributed by atoms with Gasteiger partial charge in [0, 0.05) is 41.9 Å². The maximum absolute atomic E-state index is 13.3. The Labute approximate surface area is 214 Å². The van der Waals surface area contributed by atoms with Crippen molar-refractivity contribution < 1.29 is 13.2 Å². The number of sulfonamides is 1. The Morgan fingerprint density at radius 3 is 2.69 bits per heavy atom. The zero-order valence-electron chi connectivity index (χ0n) is 19.0. The molecule has 1 amide bonds. The molecule has 1 saturated heterocycles. The number of anilines is 2. The van der Waals surface area contributed by atoms with Crippen LogP contribution in [-0.4, -0.2) is 49.9 Å². The van der Waals surface area contributed by atoms with Crippen LogP contribution in [0.5, 0.6) is 0 Å². The quantitative estimate of drug-likeness (QED) is 0.426. The number of benzene rings is 2. The first kappa shape index (κ1) is 24.0. The number of hydrogen-bond acceptors (Lipinski definition) is 6. The van der Waals surface area contributed by atoms with Crippen LogP contribution < -0.4 is 9.21 Å². The van der Waals surface area contributed by atoms with E-state index in [4.69, 9.17) is 11.6 Å². The molecular weight excluding hydrogens is 504 g/mol. The second kappa shape index (κ2) is 9.73. The van der Waals surface area contributed by atoms with Crippen LogP contribution in [0.15, 0.2) is 71.6 Å². The molecule has 5 rings (SSSR count). The second-order valence-corrected chi connectivity index (χ2v) is 11.7. The number of carbonyl (C=O) groups is 1. The van der Waals surface area contributed by atoms with Gasteiger partial charge < -0.3 is 4.90 Å². The van der Waals surface area contributed by atoms with Crippen molar-refractivity contribution in [1.29, 1.82) is 0 Å². The fourth-order valence-corrected chi connectivity index (χ4v) is 7.20. The summed E-state index contributed by atoms with van der Waals surface area (Å²) in [5.41, 5.74) is 3.16. The SMILES string of the molecule is C=CCN(c1nccs1)S(=O)(=O)c1ccc(N2CCC(N3CCc4ccc(Cl)cc4C3)C2=O)cc1. The van der Waals surface area contributed by atoms with Crippen LogP contribution in [-0.2, 0) is 27.8 Å². The van der Waals surface area contributed by atoms with Gasteiger partial charge >= 0.3 is 0 Å². The third-order valence-electron chi connectivity index (χ3n) is 6.49. The number of carbonyl (C=O) groups excluding carboxylic acids is 1. The van der Waals surface area contributed by atoms with Crippen LogP contribution in [0.25, 0.3) is 0 Å². The predicted molar refractivity (Wildman–Crippen MR) is 140 cm³/mol. The molecule has 1 unspecified atom stereocenters. The Morgan fingerprint density at radius 2 is 1.97 bits per heavy atom. The lowest BCUT2D eigenvalue weighted by Crippen LogP contribution is -2.44. The van der Waals surface area contributed by atoms with Gasteiger partial charge in [0.2, 0.25) is 5.91 Å². The van der Waals surface area contributed by atoms with Gasteiger partial charge in [-0.2, -0.15) is 0 Å². The molecule has 2 aliphatic heterocycles. The number of halogens is 1. The van der Waals surface area contributed by atoms with E-state index in [-0.39, 0.29) is 23.4 Å². The number of amides is 1. The van der Waals surface area contributed by atoms with E-state index in [1.54, 1.807) is 40.7 Å². The predicted octanol–water partition coefficient (Wildman–Crippen LogP) is 4.34. The third kappa shape index (κ3) is 4.61. The molecule has 0 radical (unpaired) electrons. The van der Waals surface area contributed by atoms with E-state index in [9.17, 15) is 13.2 Å². The number of nitrogens with zero attached hydrogens (tertiary/aromatic N) is 4. The van der Waals surface area contributed by atoms with E-state index in [1.807, 2.05) is 12.1 Å². The molecule has 35 heavy (non-hydrogen) atoms. The molecule has 1 atom stereocenters. The minimum absolute atomic E-state index is 0.0437. The van der Waals surface area contributed by atoms with Gasteiger partial charge in [0.25, 0.3) is 10.0 Å². The zero-order valence-corrected chi connectivity index (χ0v) is 21.4. The summed E-state index contributed by atoms with van der Waals surface area (Å²) in [6.45, 7) is 5.91. The molecule has 0 spiro atoms. The monoisotopic (exact) mass is 528 g/mol. The molecule has 3 heterocycles. The first-order valence-electron chi connectivity index (χ1n) is 11.3. The molecular formula is C25H25ClN4O3S2. The highest BCUT2D eigenvalue weighted by Gasteiger charge is 2.38. The molecule has 2 aromatic carbocycles. The van der Waals surface area contributed by atoms with Gasteiger partial charge in [-0.3, -0.25) is 9.69 Å². The Balaban J connectivity index is 1.32. The van der Waals surface area contributed by atoms with Crippen molar-refractivity contribution in [3.63, 3.8) is 0 Å². The minimum atomic E-state index is -3.81. The van der Waals surface area contributed by atoms with E-state index >= 15 is 0 Å². The molecule has 0 N–H and O–H groups in total. The van der Waals surface area contributed by atoms with Crippen LogP contribution in [0, 0.1) is 0 Å². The molecule has 0 saturated carbocycles. The lowest BCUT2D eigenvalue weighted by molar-refractivity contribution is -0.122. The van der Waals surface area contributed by atoms with Gasteiger partial charge in [-0.1, -0.05) is 23.7 Å². The Morgan fingerprint density at radius 1 is 1.17 bits per heavy atom. The summed E-state index contributed by atoms with van der Waals surface area (Å²) in [6.07, 6.45) is 4.72. The fraction of sp³-hybridized carbons (Fsp3) is 0.280. The Kier molecular flexibility index (Phi) is 6.67. The highest BCUT2D eigenvalue weighted by Crippen LogP contribution is 2.31. The molecule has 3 aromatic rings. The minimum Gasteiger partial charge on any atom is -0.311 e. The van der Waals surface area contributed by atoms with Crippen LogP contribution in [0.3, 0.4) is 0 Å². The van der Waals surface area contributed by atoms with Crippen LogP contribution >= 0.6 is 22.9 Å². The van der Waals surface area contributed by atoms with Gasteiger partial charge in [-0.25, -0.2) is 17.7 Å². The first-order chi connectivity index (χ1) is 16.9. The standard InChI is InChI=1S/C25H25ClN4O3S2/c1-2-12-30(25-27-11-15-34-25)35(32,33)22-7-5-21(6-8-22)29-14-10-23(24(29)31)28-13-9-18-3-4-20(26)16-19(18)17-28/h2-8,11,15-16,23H,1,9-10,12-14,17H2. The van der Waals surface area contributed by atoms with Crippen LogP contribution in [0.2, 0.25) is 5.02 Å². The first-order valence-corrected chi connectivity index (χ1v) is 14.0. The molecule has 2 aliphatic rings. The van der Waals surface area contributed by atoms with E-state index < -0.39 is 10.0 Å². The summed E-state index contributed by atoms with van der Waals surface area (Å²) in [4.78, 5) is 21.6. The number of fused-ring (bicyclic) bond motifs is 1. The molecule has 7 nitrogen and oxygen atoms in total. The second-order valence-electron chi connectivity index (χ2n) is 8.56. The van der Waals surface area contributed by atoms with E-state index in [2.05, 4.69) is 22.5 Å². The smallest absolute Gasteiger partial charge is 0.266 e. The zero-order chi connectivity index (χ0) is 24.6. The topological polar surface area (TPSA) is 73.8 Å². The highest BCUT2D eigenvalue weighted by molar-refractivity contribution is 7.93. The van der Waals surface area contributed by atoms with Gasteiger partial charge in [0.05, 0.1) is 17.5 Å². The van der Waals surface area contributed by atoms with Crippen molar-refractivity contribution >= 4 is 49.7 Å². The highest BCUT2D eigenvalue weighted by atomic mass is 35.5. The number of rotatable bonds is 7. The summed E-state index contributed by atoms with van der Waals surface area (Å²) in [7, 11) is -3.81. The molecule has 10 heteroatoms. The van der Waals surface area contributed by atoms with Gasteiger partial charge in [-0.15, -0.1) is 17.9 Å². The molecule has 0 bridgehead atoms. The molecule has 0 aliphatic carbocycles. The molecule has 182 valence electrons. The number of thiazole rings is 1. The van der Waals surface area contributed by atoms with Crippen molar-refractivity contribution in [3.8, 4) is 0 Å². The summed E-state index contributed by atoms with van der Waals surface area (Å²) in [5.74, 6) is 0.0437. The third-order valence-corrected chi connectivity index (χ3v) is 9.41. The Bertz CT molecular complexity index is 1340. The van der Waals surface area contributed by atoms with E-state index in [0.717, 1.165) is 19.4 Å². The normalized spacial score (nSPS) is 18.5. The van der Waals surface area contributed by atoms with Crippen molar-refractivity contribution in [2.24, 2.45) is 0 Å². The van der Waals surface area contributed by atoms with Crippen molar-refractivity contribution in [2.75, 3.05) is 28.8 Å². The van der Waals surface area contributed by atoms with Crippen molar-refractivity contribution in [1.82, 2.24) is 9.88 Å². The van der Waals surface area contributed by atoms with Crippen molar-refractivity contribution in [3.05, 3.63) is 82.8 Å². The van der Waals surface area contributed by atoms with Crippen LogP contribution in [0.4, 0.5) is 10.8 Å². The van der Waals surface area contributed by atoms with Gasteiger partial charge in [0.1, 0.15) is 0 Å². The summed E-state index contributed by atoms with van der Waals surface area (Å²) >= 11 is 7.43. The van der Waals surface area contributed by atoms with E-state index in [1.165, 1.54) is 32.8 Å². The van der Waals surface area contributed by atoms with Gasteiger partial charge in [0.15, 0.2) is 5.13 Å². The lowest BCUT2D eigenvalue weighted by atomic mass is 9.98. The number of hydrogen-bond donors (Lipinski definition) is 0. The van der Waals surface area contributed by atoms with Crippen LogP contribution in [0.1, 0.15) is 17.5 Å². The maximum atomic E-state index is 13.3. The number of aromatic nitrogens is 1. The lowest BCUT2D eigenvalue weighted by Gasteiger charge is -2.32. The van der Waals surface area contributed by atoms with Gasteiger partial charge in [-0.05, 0) is 60.4 Å². The van der Waals surface area contributed by atoms with E-state index in [0.29, 0.717) is 28.9 Å². The largest absolute Gasteiger partial charge is 0.311 e. The molecule has 1 fully saturated rings. The maximum Gasteiger partial charge on any atom is 0.266 e. The Hall–Kier alpha value is -2.72. The van der Waals surface area contributed by atoms with Crippen molar-refractivity contribution in [2.45, 2.75) is 30.3 Å². The summed E-state index contributed by atoms with van der Waals surface area (Å²) in [5, 5.41) is 2.83.